The van der Waals surface area contributed by atoms with E-state index >= 15 is 0 Å². The minimum Gasteiger partial charge on any atom is -0.399 e. The molecule has 2 nitrogen and oxygen atoms in total. The van der Waals surface area contributed by atoms with Gasteiger partial charge in [-0.25, -0.2) is 0 Å². The molecule has 1 aromatic carbocycles. The Hall–Kier alpha value is -0.440. The fraction of sp³-hybridized carbons (Fsp3) is 0.143. The average molecular weight is 196 g/mol. The van der Waals surface area contributed by atoms with Gasteiger partial charge in [0, 0.05) is 5.69 Å². The van der Waals surface area contributed by atoms with Crippen molar-refractivity contribution in [2.45, 2.75) is 6.61 Å². The lowest BCUT2D eigenvalue weighted by Crippen LogP contribution is -1.87. The van der Waals surface area contributed by atoms with Crippen LogP contribution in [0.15, 0.2) is 24.3 Å². The number of halogens is 2. The number of hydrogen-bond donors (Lipinski definition) is 2. The largest absolute Gasteiger partial charge is 0.399 e. The van der Waals surface area contributed by atoms with Crippen LogP contribution in [-0.4, -0.2) is 5.11 Å². The number of aliphatic hydroxyl groups is 1. The molecule has 1 rings (SSSR count). The molecule has 0 unspecified atom stereocenters. The molecule has 0 amide bonds. The molecule has 64 valence electrons. The van der Waals surface area contributed by atoms with E-state index in [9.17, 15) is 0 Å². The van der Waals surface area contributed by atoms with Gasteiger partial charge in [0.2, 0.25) is 0 Å². The van der Waals surface area contributed by atoms with Crippen LogP contribution in [0, 0.1) is 0 Å². The lowest BCUT2D eigenvalue weighted by molar-refractivity contribution is 0.282. The summed E-state index contributed by atoms with van der Waals surface area (Å²) in [5, 5.41) is 8.61. The first-order valence-corrected chi connectivity index (χ1v) is 2.78. The van der Waals surface area contributed by atoms with E-state index in [1.54, 1.807) is 12.1 Å². The van der Waals surface area contributed by atoms with Crippen molar-refractivity contribution in [3.8, 4) is 0 Å². The third-order valence-corrected chi connectivity index (χ3v) is 1.13. The van der Waals surface area contributed by atoms with Gasteiger partial charge in [0.25, 0.3) is 0 Å². The van der Waals surface area contributed by atoms with E-state index in [-0.39, 0.29) is 31.4 Å². The van der Waals surface area contributed by atoms with E-state index in [0.717, 1.165) is 5.56 Å². The maximum atomic E-state index is 8.61. The summed E-state index contributed by atoms with van der Waals surface area (Å²) in [6.07, 6.45) is 0. The van der Waals surface area contributed by atoms with Gasteiger partial charge in [0.05, 0.1) is 6.61 Å². The molecule has 1 aromatic rings. The second-order valence-corrected chi connectivity index (χ2v) is 1.90. The minimum atomic E-state index is 0. The summed E-state index contributed by atoms with van der Waals surface area (Å²) >= 11 is 0. The van der Waals surface area contributed by atoms with Crippen molar-refractivity contribution >= 4 is 30.5 Å². The molecule has 0 radical (unpaired) electrons. The average Bonchev–Trinajstić information content (AvgIpc) is 1.88. The van der Waals surface area contributed by atoms with Gasteiger partial charge in [0.1, 0.15) is 0 Å². The molecule has 0 fully saturated rings. The number of benzene rings is 1. The highest BCUT2D eigenvalue weighted by molar-refractivity contribution is 5.85. The molecule has 0 aliphatic carbocycles. The van der Waals surface area contributed by atoms with Gasteiger partial charge < -0.3 is 10.8 Å². The van der Waals surface area contributed by atoms with Crippen LogP contribution in [0.3, 0.4) is 0 Å². The molecule has 0 heterocycles. The molecule has 0 aliphatic rings. The Bertz CT molecular complexity index is 205. The molecule has 0 bridgehead atoms. The highest BCUT2D eigenvalue weighted by Gasteiger charge is 1.87. The molecule has 11 heavy (non-hydrogen) atoms. The molecular formula is C7H11Cl2NO. The van der Waals surface area contributed by atoms with Gasteiger partial charge in [-0.2, -0.15) is 0 Å². The molecule has 0 saturated heterocycles. The van der Waals surface area contributed by atoms with Crippen LogP contribution in [0.4, 0.5) is 5.69 Å². The highest BCUT2D eigenvalue weighted by atomic mass is 35.5. The Morgan fingerprint density at radius 3 is 2.27 bits per heavy atom. The van der Waals surface area contributed by atoms with Crippen molar-refractivity contribution in [1.29, 1.82) is 0 Å². The van der Waals surface area contributed by atoms with Gasteiger partial charge in [0.15, 0.2) is 0 Å². The summed E-state index contributed by atoms with van der Waals surface area (Å²) in [7, 11) is 0. The predicted molar refractivity (Wildman–Crippen MR) is 51.3 cm³/mol. The van der Waals surface area contributed by atoms with Crippen molar-refractivity contribution in [2.75, 3.05) is 5.73 Å². The van der Waals surface area contributed by atoms with Crippen LogP contribution in [-0.2, 0) is 6.61 Å². The number of rotatable bonds is 1. The van der Waals surface area contributed by atoms with Gasteiger partial charge in [-0.3, -0.25) is 0 Å². The Balaban J connectivity index is 0. The molecule has 0 aliphatic heterocycles. The van der Waals surface area contributed by atoms with Crippen molar-refractivity contribution in [3.05, 3.63) is 29.8 Å². The lowest BCUT2D eigenvalue weighted by atomic mass is 10.2. The van der Waals surface area contributed by atoms with Crippen LogP contribution in [0.2, 0.25) is 0 Å². The first-order valence-electron chi connectivity index (χ1n) is 2.78. The summed E-state index contributed by atoms with van der Waals surface area (Å²) < 4.78 is 0. The molecule has 0 aromatic heterocycles. The van der Waals surface area contributed by atoms with E-state index in [1.165, 1.54) is 0 Å². The number of hydrogen-bond acceptors (Lipinski definition) is 2. The third-order valence-electron chi connectivity index (χ3n) is 1.13. The van der Waals surface area contributed by atoms with Crippen LogP contribution in [0.1, 0.15) is 5.56 Å². The zero-order valence-corrected chi connectivity index (χ0v) is 7.49. The molecule has 0 atom stereocenters. The topological polar surface area (TPSA) is 46.2 Å². The van der Waals surface area contributed by atoms with E-state index in [2.05, 4.69) is 0 Å². The summed E-state index contributed by atoms with van der Waals surface area (Å²) in [5.41, 5.74) is 6.98. The summed E-state index contributed by atoms with van der Waals surface area (Å²) in [5.74, 6) is 0. The highest BCUT2D eigenvalue weighted by Crippen LogP contribution is 2.04. The lowest BCUT2D eigenvalue weighted by Gasteiger charge is -1.94. The second kappa shape index (κ2) is 6.28. The van der Waals surface area contributed by atoms with E-state index < -0.39 is 0 Å². The first-order chi connectivity index (χ1) is 4.33. The maximum absolute atomic E-state index is 8.61. The van der Waals surface area contributed by atoms with Gasteiger partial charge >= 0.3 is 0 Å². The van der Waals surface area contributed by atoms with Crippen molar-refractivity contribution in [3.63, 3.8) is 0 Å². The molecule has 0 saturated carbocycles. The minimum absolute atomic E-state index is 0. The Morgan fingerprint density at radius 1 is 1.27 bits per heavy atom. The number of anilines is 1. The normalized spacial score (nSPS) is 7.73. The zero-order valence-electron chi connectivity index (χ0n) is 5.86. The Kier molecular flexibility index (Phi) is 7.52. The number of aliphatic hydroxyl groups excluding tert-OH is 1. The first kappa shape index (κ1) is 13.2. The predicted octanol–water partition coefficient (Wildman–Crippen LogP) is 1.60. The fourth-order valence-electron chi connectivity index (χ4n) is 0.691. The molecular weight excluding hydrogens is 185 g/mol. The van der Waals surface area contributed by atoms with Crippen LogP contribution >= 0.6 is 24.8 Å². The van der Waals surface area contributed by atoms with E-state index in [1.807, 2.05) is 12.1 Å². The van der Waals surface area contributed by atoms with Gasteiger partial charge in [-0.05, 0) is 17.7 Å². The monoisotopic (exact) mass is 195 g/mol. The van der Waals surface area contributed by atoms with Crippen molar-refractivity contribution in [1.82, 2.24) is 0 Å². The van der Waals surface area contributed by atoms with Crippen LogP contribution in [0.5, 0.6) is 0 Å². The van der Waals surface area contributed by atoms with Gasteiger partial charge in [-0.15, -0.1) is 24.8 Å². The number of nitrogens with two attached hydrogens (primary N) is 1. The fourth-order valence-corrected chi connectivity index (χ4v) is 0.691. The standard InChI is InChI=1S/C7H9NO.2ClH/c8-7-3-1-2-6(4-7)5-9;;/h1-4,9H,5,8H2;2*1H. The van der Waals surface area contributed by atoms with Crippen LogP contribution in [0.25, 0.3) is 0 Å². The SMILES string of the molecule is Cl.Cl.Nc1cccc(CO)c1. The van der Waals surface area contributed by atoms with Crippen molar-refractivity contribution in [2.24, 2.45) is 0 Å². The maximum Gasteiger partial charge on any atom is 0.0682 e. The molecule has 4 heteroatoms. The third kappa shape index (κ3) is 4.09. The van der Waals surface area contributed by atoms with Crippen molar-refractivity contribution < 1.29 is 5.11 Å². The second-order valence-electron chi connectivity index (χ2n) is 1.90. The van der Waals surface area contributed by atoms with Crippen LogP contribution < -0.4 is 5.73 Å². The quantitative estimate of drug-likeness (QED) is 0.670. The smallest absolute Gasteiger partial charge is 0.0682 e. The van der Waals surface area contributed by atoms with E-state index in [4.69, 9.17) is 10.8 Å². The summed E-state index contributed by atoms with van der Waals surface area (Å²) in [6, 6.07) is 7.19. The molecule has 3 N–H and O–H groups in total. The summed E-state index contributed by atoms with van der Waals surface area (Å²) in [6.45, 7) is 0.0606. The Labute approximate surface area is 78.2 Å². The summed E-state index contributed by atoms with van der Waals surface area (Å²) in [4.78, 5) is 0. The molecule has 0 spiro atoms. The number of nitrogen functional groups attached to an aromatic ring is 1. The van der Waals surface area contributed by atoms with Gasteiger partial charge in [-0.1, -0.05) is 12.1 Å². The Morgan fingerprint density at radius 2 is 1.91 bits per heavy atom. The van der Waals surface area contributed by atoms with E-state index in [0.29, 0.717) is 5.69 Å². The zero-order chi connectivity index (χ0) is 6.69.